The average molecular weight is 267 g/mol. The lowest BCUT2D eigenvalue weighted by molar-refractivity contribution is -0.127. The van der Waals surface area contributed by atoms with Crippen LogP contribution in [0.2, 0.25) is 5.02 Å². The molecule has 0 radical (unpaired) electrons. The second kappa shape index (κ2) is 4.98. The van der Waals surface area contributed by atoms with Crippen LogP contribution in [0, 0.1) is 6.92 Å². The Morgan fingerprint density at radius 1 is 1.50 bits per heavy atom. The molecule has 0 aromatic heterocycles. The molecule has 0 aliphatic carbocycles. The van der Waals surface area contributed by atoms with Gasteiger partial charge in [0.05, 0.1) is 10.6 Å². The van der Waals surface area contributed by atoms with Gasteiger partial charge in [-0.1, -0.05) is 17.7 Å². The third-order valence-corrected chi connectivity index (χ3v) is 3.43. The molecule has 4 nitrogen and oxygen atoms in total. The maximum Gasteiger partial charge on any atom is 0.256 e. The van der Waals surface area contributed by atoms with Crippen molar-refractivity contribution < 1.29 is 9.59 Å². The maximum absolute atomic E-state index is 12.3. The number of carbonyl (C=O) groups is 2. The van der Waals surface area contributed by atoms with Gasteiger partial charge in [0, 0.05) is 13.1 Å². The van der Waals surface area contributed by atoms with Gasteiger partial charge in [0.1, 0.15) is 6.04 Å². The smallest absolute Gasteiger partial charge is 0.256 e. The number of carbonyl (C=O) groups excluding carboxylic acids is 2. The topological polar surface area (TPSA) is 49.4 Å². The molecule has 1 aliphatic rings. The van der Waals surface area contributed by atoms with E-state index in [9.17, 15) is 9.59 Å². The van der Waals surface area contributed by atoms with Gasteiger partial charge in [0.15, 0.2) is 0 Å². The van der Waals surface area contributed by atoms with E-state index < -0.39 is 6.04 Å². The third kappa shape index (κ3) is 2.34. The molecule has 1 aromatic carbocycles. The molecule has 0 spiro atoms. The number of nitrogens with one attached hydrogen (secondary N) is 1. The summed E-state index contributed by atoms with van der Waals surface area (Å²) in [5, 5.41) is 3.15. The Hall–Kier alpha value is -1.55. The van der Waals surface area contributed by atoms with Gasteiger partial charge in [0.25, 0.3) is 5.91 Å². The fraction of sp³-hybridized carbons (Fsp3) is 0.385. The molecule has 1 aliphatic heterocycles. The summed E-state index contributed by atoms with van der Waals surface area (Å²) in [5.74, 6) is -0.319. The molecule has 1 saturated heterocycles. The molecule has 1 aromatic rings. The number of nitrogens with zero attached hydrogens (tertiary/aromatic N) is 1. The standard InChI is InChI=1S/C13H15ClN2O2/c1-8-3-4-10(11(14)7-8)13(18)16-6-5-15-12(17)9(16)2/h3-4,7,9H,5-6H2,1-2H3,(H,15,17). The van der Waals surface area contributed by atoms with Crippen LogP contribution < -0.4 is 5.32 Å². The first-order valence-corrected chi connectivity index (χ1v) is 6.23. The Morgan fingerprint density at radius 2 is 2.22 bits per heavy atom. The fourth-order valence-electron chi connectivity index (χ4n) is 2.01. The molecule has 0 saturated carbocycles. The van der Waals surface area contributed by atoms with Crippen LogP contribution in [-0.4, -0.2) is 35.8 Å². The van der Waals surface area contributed by atoms with Gasteiger partial charge in [-0.25, -0.2) is 0 Å². The first-order valence-electron chi connectivity index (χ1n) is 5.85. The van der Waals surface area contributed by atoms with Crippen LogP contribution >= 0.6 is 11.6 Å². The van der Waals surface area contributed by atoms with Gasteiger partial charge < -0.3 is 10.2 Å². The Labute approximate surface area is 111 Å². The second-order valence-electron chi connectivity index (χ2n) is 4.45. The molecule has 1 N–H and O–H groups in total. The Kier molecular flexibility index (Phi) is 3.57. The van der Waals surface area contributed by atoms with Gasteiger partial charge in [-0.15, -0.1) is 0 Å². The fourth-order valence-corrected chi connectivity index (χ4v) is 2.32. The van der Waals surface area contributed by atoms with E-state index in [-0.39, 0.29) is 11.8 Å². The molecule has 2 rings (SSSR count). The Bertz CT molecular complexity index is 502. The summed E-state index contributed by atoms with van der Waals surface area (Å²) in [4.78, 5) is 25.4. The van der Waals surface area contributed by atoms with E-state index in [1.807, 2.05) is 13.0 Å². The summed E-state index contributed by atoms with van der Waals surface area (Å²) in [6.07, 6.45) is 0. The highest BCUT2D eigenvalue weighted by atomic mass is 35.5. The monoisotopic (exact) mass is 266 g/mol. The summed E-state index contributed by atoms with van der Waals surface area (Å²) >= 11 is 6.08. The van der Waals surface area contributed by atoms with Crippen molar-refractivity contribution >= 4 is 23.4 Å². The van der Waals surface area contributed by atoms with Crippen LogP contribution in [0.15, 0.2) is 18.2 Å². The Morgan fingerprint density at radius 3 is 2.89 bits per heavy atom. The maximum atomic E-state index is 12.3. The van der Waals surface area contributed by atoms with Gasteiger partial charge >= 0.3 is 0 Å². The third-order valence-electron chi connectivity index (χ3n) is 3.11. The van der Waals surface area contributed by atoms with Crippen molar-refractivity contribution in [2.75, 3.05) is 13.1 Å². The van der Waals surface area contributed by atoms with Gasteiger partial charge in [-0.3, -0.25) is 9.59 Å². The molecule has 1 heterocycles. The summed E-state index contributed by atoms with van der Waals surface area (Å²) in [7, 11) is 0. The first-order chi connectivity index (χ1) is 8.50. The number of aryl methyl sites for hydroxylation is 1. The molecule has 2 amide bonds. The molecule has 18 heavy (non-hydrogen) atoms. The normalized spacial score (nSPS) is 19.6. The van der Waals surface area contributed by atoms with E-state index in [1.54, 1.807) is 24.0 Å². The van der Waals surface area contributed by atoms with Crippen LogP contribution in [0.4, 0.5) is 0 Å². The zero-order valence-electron chi connectivity index (χ0n) is 10.4. The SMILES string of the molecule is Cc1ccc(C(=O)N2CCNC(=O)C2C)c(Cl)c1. The van der Waals surface area contributed by atoms with E-state index in [2.05, 4.69) is 5.32 Å². The number of hydrogen-bond donors (Lipinski definition) is 1. The van der Waals surface area contributed by atoms with Crippen molar-refractivity contribution in [1.82, 2.24) is 10.2 Å². The van der Waals surface area contributed by atoms with Crippen LogP contribution in [0.3, 0.4) is 0 Å². The highest BCUT2D eigenvalue weighted by Gasteiger charge is 2.30. The minimum absolute atomic E-state index is 0.127. The number of halogens is 1. The predicted molar refractivity (Wildman–Crippen MR) is 69.7 cm³/mol. The van der Waals surface area contributed by atoms with Gasteiger partial charge in [-0.05, 0) is 31.5 Å². The van der Waals surface area contributed by atoms with Crippen molar-refractivity contribution in [2.45, 2.75) is 19.9 Å². The molecule has 5 heteroatoms. The highest BCUT2D eigenvalue weighted by molar-refractivity contribution is 6.34. The quantitative estimate of drug-likeness (QED) is 0.840. The van der Waals surface area contributed by atoms with E-state index in [0.717, 1.165) is 5.56 Å². The number of benzene rings is 1. The molecular weight excluding hydrogens is 252 g/mol. The molecule has 1 fully saturated rings. The minimum atomic E-state index is -0.455. The minimum Gasteiger partial charge on any atom is -0.353 e. The molecule has 1 atom stereocenters. The molecule has 1 unspecified atom stereocenters. The van der Waals surface area contributed by atoms with Gasteiger partial charge in [0.2, 0.25) is 5.91 Å². The van der Waals surface area contributed by atoms with E-state index in [1.165, 1.54) is 0 Å². The summed E-state index contributed by atoms with van der Waals surface area (Å²) in [6.45, 7) is 4.62. The van der Waals surface area contributed by atoms with Crippen molar-refractivity contribution in [1.29, 1.82) is 0 Å². The van der Waals surface area contributed by atoms with E-state index in [0.29, 0.717) is 23.7 Å². The zero-order valence-corrected chi connectivity index (χ0v) is 11.1. The second-order valence-corrected chi connectivity index (χ2v) is 4.86. The van der Waals surface area contributed by atoms with Crippen molar-refractivity contribution in [2.24, 2.45) is 0 Å². The van der Waals surface area contributed by atoms with Crippen molar-refractivity contribution in [3.63, 3.8) is 0 Å². The Balaban J connectivity index is 2.28. The first kappa shape index (κ1) is 12.9. The number of amides is 2. The van der Waals surface area contributed by atoms with Crippen LogP contribution in [0.25, 0.3) is 0 Å². The van der Waals surface area contributed by atoms with Gasteiger partial charge in [-0.2, -0.15) is 0 Å². The predicted octanol–water partition coefficient (Wildman–Crippen LogP) is 1.61. The highest BCUT2D eigenvalue weighted by Crippen LogP contribution is 2.20. The van der Waals surface area contributed by atoms with Crippen LogP contribution in [0.1, 0.15) is 22.8 Å². The van der Waals surface area contributed by atoms with Crippen molar-refractivity contribution in [3.8, 4) is 0 Å². The largest absolute Gasteiger partial charge is 0.353 e. The lowest BCUT2D eigenvalue weighted by Gasteiger charge is -2.33. The average Bonchev–Trinajstić information content (AvgIpc) is 2.32. The lowest BCUT2D eigenvalue weighted by atomic mass is 10.1. The lowest BCUT2D eigenvalue weighted by Crippen LogP contribution is -2.55. The summed E-state index contributed by atoms with van der Waals surface area (Å²) < 4.78 is 0. The number of piperazine rings is 1. The number of hydrogen-bond acceptors (Lipinski definition) is 2. The van der Waals surface area contributed by atoms with Crippen LogP contribution in [-0.2, 0) is 4.79 Å². The van der Waals surface area contributed by atoms with E-state index in [4.69, 9.17) is 11.6 Å². The zero-order chi connectivity index (χ0) is 13.3. The number of rotatable bonds is 1. The molecule has 96 valence electrons. The molecular formula is C13H15ClN2O2. The van der Waals surface area contributed by atoms with E-state index >= 15 is 0 Å². The van der Waals surface area contributed by atoms with Crippen LogP contribution in [0.5, 0.6) is 0 Å². The summed E-state index contributed by atoms with van der Waals surface area (Å²) in [5.41, 5.74) is 1.45. The van der Waals surface area contributed by atoms with Crippen molar-refractivity contribution in [3.05, 3.63) is 34.3 Å². The summed E-state index contributed by atoms with van der Waals surface area (Å²) in [6, 6.07) is 4.85. The molecule has 0 bridgehead atoms.